The van der Waals surface area contributed by atoms with Gasteiger partial charge in [-0.05, 0) is 64.2 Å². The third-order valence-corrected chi connectivity index (χ3v) is 9.60. The molecule has 0 saturated heterocycles. The molecule has 4 nitrogen and oxygen atoms in total. The maximum Gasteiger partial charge on any atom is 0.160 e. The number of nitrogens with zero attached hydrogens (tertiary/aromatic N) is 4. The van der Waals surface area contributed by atoms with E-state index in [2.05, 4.69) is 157 Å². The third-order valence-electron chi connectivity index (χ3n) is 9.60. The maximum atomic E-state index is 5.15. The predicted molar refractivity (Wildman–Crippen MR) is 213 cm³/mol. The van der Waals surface area contributed by atoms with Gasteiger partial charge >= 0.3 is 0 Å². The molecular formula is C47H32N4. The smallest absolute Gasteiger partial charge is 0.160 e. The van der Waals surface area contributed by atoms with Gasteiger partial charge in [0.1, 0.15) is 0 Å². The van der Waals surface area contributed by atoms with Crippen LogP contribution in [0, 0.1) is 0 Å². The topological polar surface area (TPSA) is 43.1 Å². The molecule has 0 atom stereocenters. The summed E-state index contributed by atoms with van der Waals surface area (Å²) < 4.78 is 2.33. The highest BCUT2D eigenvalue weighted by Crippen LogP contribution is 2.38. The minimum atomic E-state index is 0.646. The molecule has 240 valence electrons. The zero-order valence-corrected chi connectivity index (χ0v) is 27.9. The highest BCUT2D eigenvalue weighted by atomic mass is 14.9. The van der Waals surface area contributed by atoms with Crippen molar-refractivity contribution in [3.63, 3.8) is 0 Å². The molecule has 0 aliphatic rings. The Kier molecular flexibility index (Phi) is 7.41. The second-order valence-corrected chi connectivity index (χ2v) is 12.6. The zero-order valence-electron chi connectivity index (χ0n) is 27.9. The molecule has 0 spiro atoms. The fourth-order valence-electron chi connectivity index (χ4n) is 7.17. The number of rotatable bonds is 7. The van der Waals surface area contributed by atoms with Crippen molar-refractivity contribution >= 4 is 39.6 Å². The summed E-state index contributed by atoms with van der Waals surface area (Å²) in [6, 6.07) is 53.0. The molecular weight excluding hydrogens is 621 g/mol. The molecule has 9 aromatic rings. The molecule has 0 amide bonds. The van der Waals surface area contributed by atoms with Gasteiger partial charge in [0.25, 0.3) is 0 Å². The Morgan fingerprint density at radius 2 is 1.08 bits per heavy atom. The van der Waals surface area contributed by atoms with Crippen molar-refractivity contribution in [3.05, 3.63) is 182 Å². The van der Waals surface area contributed by atoms with Gasteiger partial charge in [-0.1, -0.05) is 141 Å². The molecule has 4 heteroatoms. The van der Waals surface area contributed by atoms with Crippen LogP contribution in [-0.2, 0) is 0 Å². The summed E-state index contributed by atoms with van der Waals surface area (Å²) in [5.74, 6) is 0.646. The molecule has 9 rings (SSSR count). The molecule has 0 aliphatic heterocycles. The van der Waals surface area contributed by atoms with Crippen LogP contribution < -0.4 is 0 Å². The predicted octanol–water partition coefficient (Wildman–Crippen LogP) is 12.1. The summed E-state index contributed by atoms with van der Waals surface area (Å²) >= 11 is 0. The first kappa shape index (κ1) is 30.2. The molecule has 6 aromatic carbocycles. The van der Waals surface area contributed by atoms with Crippen LogP contribution in [0.15, 0.2) is 171 Å². The molecule has 0 fully saturated rings. The highest BCUT2D eigenvalue weighted by molar-refractivity contribution is 6.08. The van der Waals surface area contributed by atoms with Crippen LogP contribution in [0.2, 0.25) is 0 Å². The van der Waals surface area contributed by atoms with E-state index < -0.39 is 0 Å². The van der Waals surface area contributed by atoms with E-state index in [4.69, 9.17) is 15.0 Å². The van der Waals surface area contributed by atoms with Gasteiger partial charge in [-0.2, -0.15) is 0 Å². The summed E-state index contributed by atoms with van der Waals surface area (Å²) in [5.41, 5.74) is 15.5. The van der Waals surface area contributed by atoms with Crippen molar-refractivity contribution in [1.82, 2.24) is 19.4 Å². The molecule has 0 radical (unpaired) electrons. The van der Waals surface area contributed by atoms with Gasteiger partial charge in [0.15, 0.2) is 5.82 Å². The van der Waals surface area contributed by atoms with E-state index in [0.717, 1.165) is 72.4 Å². The first-order valence-electron chi connectivity index (χ1n) is 17.0. The van der Waals surface area contributed by atoms with Crippen molar-refractivity contribution in [3.8, 4) is 56.0 Å². The molecule has 0 saturated carbocycles. The van der Waals surface area contributed by atoms with E-state index in [9.17, 15) is 0 Å². The fraction of sp³-hybridized carbons (Fsp3) is 0. The number of fused-ring (bicyclic) bond motifs is 5. The van der Waals surface area contributed by atoms with Gasteiger partial charge in [-0.3, -0.25) is 4.98 Å². The summed E-state index contributed by atoms with van der Waals surface area (Å²) in [5, 5.41) is 1.20. The molecule has 51 heavy (non-hydrogen) atoms. The second kappa shape index (κ2) is 12.5. The van der Waals surface area contributed by atoms with Crippen LogP contribution in [-0.4, -0.2) is 19.4 Å². The molecule has 0 N–H and O–H groups in total. The van der Waals surface area contributed by atoms with E-state index in [1.807, 2.05) is 24.4 Å². The monoisotopic (exact) mass is 652 g/mol. The largest absolute Gasteiger partial charge is 0.306 e. The van der Waals surface area contributed by atoms with Crippen molar-refractivity contribution in [2.24, 2.45) is 0 Å². The Balaban J connectivity index is 1.12. The molecule has 0 bridgehead atoms. The zero-order chi connectivity index (χ0) is 34.3. The number of hydrogen-bond acceptors (Lipinski definition) is 3. The minimum absolute atomic E-state index is 0.646. The molecule has 0 aliphatic carbocycles. The lowest BCUT2D eigenvalue weighted by Crippen LogP contribution is -2.00. The Hall–Kier alpha value is -6.91. The Morgan fingerprint density at radius 1 is 0.471 bits per heavy atom. The SMILES string of the molecule is C=Cc1nc(-c2cccc(-c3ccccc3)c2)nc(-c2cccc(-c3ccc(-c4c5ccccc5n5c4cnc4ccccc45)cc3)c2)c1C=C. The minimum Gasteiger partial charge on any atom is -0.306 e. The van der Waals surface area contributed by atoms with Gasteiger partial charge < -0.3 is 4.40 Å². The van der Waals surface area contributed by atoms with Crippen LogP contribution in [0.3, 0.4) is 0 Å². The number of benzene rings is 6. The summed E-state index contributed by atoms with van der Waals surface area (Å²) in [7, 11) is 0. The molecule has 3 heterocycles. The third kappa shape index (κ3) is 5.22. The van der Waals surface area contributed by atoms with E-state index in [1.165, 1.54) is 16.5 Å². The summed E-state index contributed by atoms with van der Waals surface area (Å²) in [4.78, 5) is 14.9. The quantitative estimate of drug-likeness (QED) is 0.172. The van der Waals surface area contributed by atoms with Gasteiger partial charge in [0.2, 0.25) is 0 Å². The summed E-state index contributed by atoms with van der Waals surface area (Å²) in [6.45, 7) is 8.20. The van der Waals surface area contributed by atoms with Gasteiger partial charge in [-0.15, -0.1) is 0 Å². The first-order valence-corrected chi connectivity index (χ1v) is 17.0. The van der Waals surface area contributed by atoms with Crippen LogP contribution >= 0.6 is 0 Å². The van der Waals surface area contributed by atoms with Gasteiger partial charge in [0.05, 0.1) is 39.7 Å². The number of aromatic nitrogens is 4. The van der Waals surface area contributed by atoms with E-state index in [1.54, 1.807) is 6.08 Å². The maximum absolute atomic E-state index is 5.15. The number of para-hydroxylation sites is 3. The first-order chi connectivity index (χ1) is 25.2. The Labute approximate surface area is 296 Å². The van der Waals surface area contributed by atoms with Crippen molar-refractivity contribution in [2.75, 3.05) is 0 Å². The van der Waals surface area contributed by atoms with Crippen LogP contribution in [0.4, 0.5) is 0 Å². The molecule has 3 aromatic heterocycles. The van der Waals surface area contributed by atoms with Crippen LogP contribution in [0.5, 0.6) is 0 Å². The normalized spacial score (nSPS) is 11.3. The average molecular weight is 653 g/mol. The van der Waals surface area contributed by atoms with E-state index in [-0.39, 0.29) is 0 Å². The van der Waals surface area contributed by atoms with Crippen LogP contribution in [0.25, 0.3) is 95.6 Å². The number of hydrogen-bond donors (Lipinski definition) is 0. The van der Waals surface area contributed by atoms with Crippen molar-refractivity contribution in [2.45, 2.75) is 0 Å². The Morgan fingerprint density at radius 3 is 1.84 bits per heavy atom. The van der Waals surface area contributed by atoms with Gasteiger partial charge in [0, 0.05) is 27.6 Å². The van der Waals surface area contributed by atoms with Crippen molar-refractivity contribution in [1.29, 1.82) is 0 Å². The lowest BCUT2D eigenvalue weighted by Gasteiger charge is -2.13. The lowest BCUT2D eigenvalue weighted by atomic mass is 9.96. The van der Waals surface area contributed by atoms with E-state index in [0.29, 0.717) is 5.82 Å². The van der Waals surface area contributed by atoms with Gasteiger partial charge in [-0.25, -0.2) is 9.97 Å². The lowest BCUT2D eigenvalue weighted by molar-refractivity contribution is 1.15. The summed E-state index contributed by atoms with van der Waals surface area (Å²) in [6.07, 6.45) is 5.60. The molecule has 0 unspecified atom stereocenters. The standard InChI is InChI=1S/C47H32N4/c1-3-38-40(4-2)49-47(37-19-13-17-35(29-37)31-14-6-5-7-15-31)50-46(38)36-18-12-16-34(28-36)32-24-26-33(27-25-32)45-39-20-8-10-22-42(39)51-43-23-11-9-21-41(43)48-30-44(45)51/h3-30H,1-2H2. The fourth-order valence-corrected chi connectivity index (χ4v) is 7.17. The van der Waals surface area contributed by atoms with E-state index >= 15 is 0 Å². The Bertz CT molecular complexity index is 2770. The highest BCUT2D eigenvalue weighted by Gasteiger charge is 2.17. The second-order valence-electron chi connectivity index (χ2n) is 12.6. The average Bonchev–Trinajstić information content (AvgIpc) is 3.55. The van der Waals surface area contributed by atoms with Crippen LogP contribution in [0.1, 0.15) is 11.3 Å². The van der Waals surface area contributed by atoms with Crippen molar-refractivity contribution < 1.29 is 0 Å².